The first-order valence-corrected chi connectivity index (χ1v) is 7.68. The fraction of sp³-hybridized carbons (Fsp3) is 0.235. The maximum absolute atomic E-state index is 13.4. The summed E-state index contributed by atoms with van der Waals surface area (Å²) in [6.45, 7) is 4.25. The molecular formula is C17H18FIO. The van der Waals surface area contributed by atoms with Crippen molar-refractivity contribution in [1.29, 1.82) is 0 Å². The molecule has 2 aromatic rings. The van der Waals surface area contributed by atoms with E-state index in [9.17, 15) is 9.18 Å². The first kappa shape index (κ1) is 16.8. The van der Waals surface area contributed by atoms with Crippen molar-refractivity contribution in [3.63, 3.8) is 0 Å². The van der Waals surface area contributed by atoms with Crippen molar-refractivity contribution in [2.45, 2.75) is 26.7 Å². The van der Waals surface area contributed by atoms with Crippen LogP contribution in [0.15, 0.2) is 48.5 Å². The van der Waals surface area contributed by atoms with Crippen molar-refractivity contribution in [1.82, 2.24) is 0 Å². The van der Waals surface area contributed by atoms with Gasteiger partial charge in [0.25, 0.3) is 0 Å². The van der Waals surface area contributed by atoms with Crippen molar-refractivity contribution < 1.29 is 9.18 Å². The number of halogens is 2. The molecule has 0 saturated heterocycles. The highest BCUT2D eigenvalue weighted by Crippen LogP contribution is 2.12. The van der Waals surface area contributed by atoms with Crippen LogP contribution in [0.5, 0.6) is 0 Å². The number of rotatable bonds is 3. The third kappa shape index (κ3) is 5.41. The van der Waals surface area contributed by atoms with Crippen LogP contribution in [0.4, 0.5) is 4.39 Å². The van der Waals surface area contributed by atoms with Gasteiger partial charge in [0.2, 0.25) is 0 Å². The third-order valence-corrected chi connectivity index (χ3v) is 3.19. The average molecular weight is 384 g/mol. The van der Waals surface area contributed by atoms with Crippen LogP contribution in [0.2, 0.25) is 0 Å². The SMILES string of the molecule is CCC.O=C(Cc1ccccc1F)c1ccc(I)cc1. The number of hydrogen-bond acceptors (Lipinski definition) is 1. The number of hydrogen-bond donors (Lipinski definition) is 0. The van der Waals surface area contributed by atoms with Crippen LogP contribution in [0.3, 0.4) is 0 Å². The minimum atomic E-state index is -0.327. The number of benzene rings is 2. The van der Waals surface area contributed by atoms with E-state index in [2.05, 4.69) is 36.4 Å². The normalized spacial score (nSPS) is 9.60. The monoisotopic (exact) mass is 384 g/mol. The lowest BCUT2D eigenvalue weighted by Crippen LogP contribution is -2.05. The molecular weight excluding hydrogens is 366 g/mol. The minimum Gasteiger partial charge on any atom is -0.294 e. The first-order chi connectivity index (χ1) is 9.58. The Hall–Kier alpha value is -1.23. The maximum Gasteiger partial charge on any atom is 0.167 e. The van der Waals surface area contributed by atoms with Crippen LogP contribution < -0.4 is 0 Å². The number of Topliss-reactive ketones (excluding diaryl/α,β-unsaturated/α-hetero) is 1. The Labute approximate surface area is 133 Å². The second-order valence-corrected chi connectivity index (χ2v) is 5.65. The summed E-state index contributed by atoms with van der Waals surface area (Å²) in [5.41, 5.74) is 1.06. The van der Waals surface area contributed by atoms with Crippen LogP contribution in [0.1, 0.15) is 36.2 Å². The quantitative estimate of drug-likeness (QED) is 0.520. The Morgan fingerprint density at radius 1 is 1.05 bits per heavy atom. The van der Waals surface area contributed by atoms with E-state index in [1.807, 2.05) is 12.1 Å². The van der Waals surface area contributed by atoms with E-state index in [4.69, 9.17) is 0 Å². The Morgan fingerprint density at radius 2 is 1.60 bits per heavy atom. The second kappa shape index (κ2) is 8.84. The largest absolute Gasteiger partial charge is 0.294 e. The van der Waals surface area contributed by atoms with E-state index in [1.54, 1.807) is 30.3 Å². The van der Waals surface area contributed by atoms with E-state index in [0.717, 1.165) is 3.57 Å². The summed E-state index contributed by atoms with van der Waals surface area (Å²) in [6, 6.07) is 13.6. The van der Waals surface area contributed by atoms with Gasteiger partial charge >= 0.3 is 0 Å². The summed E-state index contributed by atoms with van der Waals surface area (Å²) in [4.78, 5) is 11.9. The van der Waals surface area contributed by atoms with Crippen molar-refractivity contribution in [3.8, 4) is 0 Å². The van der Waals surface area contributed by atoms with Crippen LogP contribution in [0.25, 0.3) is 0 Å². The predicted octanol–water partition coefficient (Wildman–Crippen LogP) is 5.27. The summed E-state index contributed by atoms with van der Waals surface area (Å²) in [7, 11) is 0. The molecule has 0 aliphatic heterocycles. The molecule has 0 radical (unpaired) electrons. The number of ketones is 1. The van der Waals surface area contributed by atoms with Crippen LogP contribution in [-0.4, -0.2) is 5.78 Å². The van der Waals surface area contributed by atoms with Gasteiger partial charge in [-0.1, -0.05) is 50.6 Å². The summed E-state index contributed by atoms with van der Waals surface area (Å²) in [6.07, 6.45) is 1.35. The van der Waals surface area contributed by atoms with Gasteiger partial charge in [0.05, 0.1) is 0 Å². The fourth-order valence-corrected chi connectivity index (χ4v) is 1.91. The summed E-state index contributed by atoms with van der Waals surface area (Å²) in [5.74, 6) is -0.391. The molecule has 0 fully saturated rings. The molecule has 0 aliphatic carbocycles. The van der Waals surface area contributed by atoms with Gasteiger partial charge in [-0.25, -0.2) is 4.39 Å². The molecule has 0 N–H and O–H groups in total. The molecule has 106 valence electrons. The Morgan fingerprint density at radius 3 is 2.15 bits per heavy atom. The van der Waals surface area contributed by atoms with Gasteiger partial charge in [0.15, 0.2) is 5.78 Å². The lowest BCUT2D eigenvalue weighted by Gasteiger charge is -2.03. The molecule has 20 heavy (non-hydrogen) atoms. The van der Waals surface area contributed by atoms with Crippen LogP contribution in [-0.2, 0) is 6.42 Å². The zero-order valence-corrected chi connectivity index (χ0v) is 13.9. The zero-order chi connectivity index (χ0) is 15.0. The molecule has 0 amide bonds. The van der Waals surface area contributed by atoms with Gasteiger partial charge in [-0.05, 0) is 46.4 Å². The Kier molecular flexibility index (Phi) is 7.44. The van der Waals surface area contributed by atoms with Crippen molar-refractivity contribution in [2.75, 3.05) is 0 Å². The molecule has 0 bridgehead atoms. The van der Waals surface area contributed by atoms with Crippen LogP contribution in [0, 0.1) is 9.39 Å². The summed E-state index contributed by atoms with van der Waals surface area (Å²) >= 11 is 2.18. The molecule has 2 aromatic carbocycles. The Bertz CT molecular complexity index is 549. The van der Waals surface area contributed by atoms with E-state index in [-0.39, 0.29) is 18.0 Å². The molecule has 0 saturated carbocycles. The summed E-state index contributed by atoms with van der Waals surface area (Å²) < 4.78 is 14.5. The molecule has 0 heterocycles. The molecule has 0 atom stereocenters. The van der Waals surface area contributed by atoms with Crippen molar-refractivity contribution in [2.24, 2.45) is 0 Å². The molecule has 0 aromatic heterocycles. The third-order valence-electron chi connectivity index (χ3n) is 2.48. The van der Waals surface area contributed by atoms with Gasteiger partial charge in [0, 0.05) is 15.6 Å². The fourth-order valence-electron chi connectivity index (χ4n) is 1.55. The number of carbonyl (C=O) groups excluding carboxylic acids is 1. The minimum absolute atomic E-state index is 0.0634. The smallest absolute Gasteiger partial charge is 0.167 e. The zero-order valence-electron chi connectivity index (χ0n) is 11.7. The average Bonchev–Trinajstić information content (AvgIpc) is 2.43. The molecule has 3 heteroatoms. The maximum atomic E-state index is 13.4. The standard InChI is InChI=1S/C14H10FIO.C3H8/c15-13-4-2-1-3-11(13)9-14(17)10-5-7-12(16)8-6-10;1-3-2/h1-8H,9H2;3H2,1-2H3. The molecule has 0 aliphatic rings. The molecule has 0 spiro atoms. The van der Waals surface area contributed by atoms with Gasteiger partial charge in [0.1, 0.15) is 5.82 Å². The lowest BCUT2D eigenvalue weighted by atomic mass is 10.0. The molecule has 1 nitrogen and oxygen atoms in total. The first-order valence-electron chi connectivity index (χ1n) is 6.60. The van der Waals surface area contributed by atoms with Gasteiger partial charge < -0.3 is 0 Å². The van der Waals surface area contributed by atoms with Gasteiger partial charge in [-0.2, -0.15) is 0 Å². The highest BCUT2D eigenvalue weighted by Gasteiger charge is 2.09. The highest BCUT2D eigenvalue weighted by atomic mass is 127. The van der Waals surface area contributed by atoms with Crippen molar-refractivity contribution >= 4 is 28.4 Å². The van der Waals surface area contributed by atoms with Gasteiger partial charge in [-0.3, -0.25) is 4.79 Å². The summed E-state index contributed by atoms with van der Waals surface area (Å²) in [5, 5.41) is 0. The Balaban J connectivity index is 0.000000612. The van der Waals surface area contributed by atoms with Crippen LogP contribution >= 0.6 is 22.6 Å². The van der Waals surface area contributed by atoms with Gasteiger partial charge in [-0.15, -0.1) is 0 Å². The predicted molar refractivity (Wildman–Crippen MR) is 89.6 cm³/mol. The molecule has 0 unspecified atom stereocenters. The topological polar surface area (TPSA) is 17.1 Å². The number of carbonyl (C=O) groups is 1. The van der Waals surface area contributed by atoms with E-state index in [0.29, 0.717) is 11.1 Å². The van der Waals surface area contributed by atoms with E-state index < -0.39 is 0 Å². The van der Waals surface area contributed by atoms with E-state index >= 15 is 0 Å². The molecule has 2 rings (SSSR count). The lowest BCUT2D eigenvalue weighted by molar-refractivity contribution is 0.0992. The van der Waals surface area contributed by atoms with E-state index in [1.165, 1.54) is 12.5 Å². The van der Waals surface area contributed by atoms with Crippen molar-refractivity contribution in [3.05, 3.63) is 69.0 Å². The second-order valence-electron chi connectivity index (χ2n) is 4.41. The highest BCUT2D eigenvalue weighted by molar-refractivity contribution is 14.1.